The van der Waals surface area contributed by atoms with Gasteiger partial charge < -0.3 is 4.74 Å². The van der Waals surface area contributed by atoms with E-state index in [1.54, 1.807) is 32.2 Å². The number of hydrogen-bond acceptors (Lipinski definition) is 3. The summed E-state index contributed by atoms with van der Waals surface area (Å²) in [6.07, 6.45) is 0. The molecule has 0 radical (unpaired) electrons. The van der Waals surface area contributed by atoms with E-state index in [0.717, 1.165) is 5.56 Å². The van der Waals surface area contributed by atoms with Crippen molar-refractivity contribution in [3.8, 4) is 5.75 Å². The molecule has 84 valence electrons. The average molecular weight is 229 g/mol. The molecule has 0 atom stereocenters. The van der Waals surface area contributed by atoms with E-state index in [-0.39, 0.29) is 5.75 Å². The lowest BCUT2D eigenvalue weighted by Crippen LogP contribution is -2.15. The molecule has 0 spiro atoms. The van der Waals surface area contributed by atoms with E-state index in [1.807, 2.05) is 6.92 Å². The third-order valence-corrected chi connectivity index (χ3v) is 3.44. The van der Waals surface area contributed by atoms with Crippen molar-refractivity contribution in [1.82, 2.24) is 0 Å². The number of benzene rings is 1. The molecule has 0 amide bonds. The lowest BCUT2D eigenvalue weighted by atomic mass is 10.2. The normalized spacial score (nSPS) is 11.1. The Morgan fingerprint density at radius 3 is 2.60 bits per heavy atom. The van der Waals surface area contributed by atoms with Crippen LogP contribution in [0.2, 0.25) is 0 Å². The van der Waals surface area contributed by atoms with Crippen molar-refractivity contribution in [2.24, 2.45) is 0 Å². The zero-order valence-corrected chi connectivity index (χ0v) is 9.89. The van der Waals surface area contributed by atoms with E-state index >= 15 is 0 Å². The summed E-state index contributed by atoms with van der Waals surface area (Å²) in [6.45, 7) is 3.41. The molecule has 0 fully saturated rings. The lowest BCUT2D eigenvalue weighted by Gasteiger charge is -2.11. The van der Waals surface area contributed by atoms with Gasteiger partial charge in [0.05, 0.1) is 18.6 Å². The third-order valence-electron chi connectivity index (χ3n) is 2.15. The molecule has 0 unspecified atom stereocenters. The molecule has 5 heteroatoms. The van der Waals surface area contributed by atoms with Gasteiger partial charge in [-0.15, -0.1) is 0 Å². The second kappa shape index (κ2) is 4.53. The fraction of sp³-hybridized carbons (Fsp3) is 0.400. The molecule has 0 bridgehead atoms. The Bertz CT molecular complexity index is 440. The Morgan fingerprint density at radius 1 is 1.40 bits per heavy atom. The molecule has 1 N–H and O–H groups in total. The number of methoxy groups -OCH3 is 1. The zero-order valence-electron chi connectivity index (χ0n) is 9.07. The Balaban J connectivity index is 3.06. The van der Waals surface area contributed by atoms with Gasteiger partial charge in [-0.3, -0.25) is 4.72 Å². The average Bonchev–Trinajstić information content (AvgIpc) is 2.21. The van der Waals surface area contributed by atoms with E-state index in [0.29, 0.717) is 11.4 Å². The molecule has 4 nitrogen and oxygen atoms in total. The smallest absolute Gasteiger partial charge is 0.232 e. The predicted octanol–water partition coefficient (Wildman–Crippen LogP) is 1.77. The van der Waals surface area contributed by atoms with Crippen LogP contribution in [0.15, 0.2) is 18.2 Å². The van der Waals surface area contributed by atoms with E-state index in [4.69, 9.17) is 4.74 Å². The maximum absolute atomic E-state index is 11.4. The third kappa shape index (κ3) is 2.86. The summed E-state index contributed by atoms with van der Waals surface area (Å²) in [4.78, 5) is 0. The maximum atomic E-state index is 11.4. The molecule has 1 rings (SSSR count). The van der Waals surface area contributed by atoms with Crippen molar-refractivity contribution in [3.63, 3.8) is 0 Å². The van der Waals surface area contributed by atoms with Crippen molar-refractivity contribution in [2.75, 3.05) is 17.6 Å². The zero-order chi connectivity index (χ0) is 11.5. The first-order valence-electron chi connectivity index (χ1n) is 4.64. The van der Waals surface area contributed by atoms with Crippen LogP contribution in [-0.4, -0.2) is 21.3 Å². The highest BCUT2D eigenvalue weighted by Gasteiger charge is 2.10. The Labute approximate surface area is 90.3 Å². The number of anilines is 1. The van der Waals surface area contributed by atoms with Crippen LogP contribution in [0.1, 0.15) is 12.5 Å². The van der Waals surface area contributed by atoms with Gasteiger partial charge in [-0.2, -0.15) is 0 Å². The Morgan fingerprint density at radius 2 is 2.07 bits per heavy atom. The first-order chi connectivity index (χ1) is 7.00. The van der Waals surface area contributed by atoms with Crippen molar-refractivity contribution in [2.45, 2.75) is 13.8 Å². The summed E-state index contributed by atoms with van der Waals surface area (Å²) in [5.41, 5.74) is 1.35. The van der Waals surface area contributed by atoms with Gasteiger partial charge in [-0.25, -0.2) is 8.42 Å². The van der Waals surface area contributed by atoms with Crippen molar-refractivity contribution in [1.29, 1.82) is 0 Å². The van der Waals surface area contributed by atoms with Gasteiger partial charge in [0.1, 0.15) is 5.75 Å². The summed E-state index contributed by atoms with van der Waals surface area (Å²) in [5, 5.41) is 0. The first-order valence-corrected chi connectivity index (χ1v) is 6.29. The van der Waals surface area contributed by atoms with Crippen molar-refractivity contribution < 1.29 is 13.2 Å². The molecule has 0 saturated carbocycles. The topological polar surface area (TPSA) is 55.4 Å². The van der Waals surface area contributed by atoms with Gasteiger partial charge in [0, 0.05) is 5.56 Å². The quantitative estimate of drug-likeness (QED) is 0.856. The number of hydrogen-bond donors (Lipinski definition) is 1. The fourth-order valence-corrected chi connectivity index (χ4v) is 1.89. The van der Waals surface area contributed by atoms with Crippen LogP contribution in [0.4, 0.5) is 5.69 Å². The summed E-state index contributed by atoms with van der Waals surface area (Å²) < 4.78 is 30.3. The molecule has 0 aliphatic rings. The molecule has 0 heterocycles. The number of sulfonamides is 1. The fourth-order valence-electron chi connectivity index (χ4n) is 1.19. The maximum Gasteiger partial charge on any atom is 0.232 e. The lowest BCUT2D eigenvalue weighted by molar-refractivity contribution is 0.412. The minimum Gasteiger partial charge on any atom is -0.496 e. The molecular weight excluding hydrogens is 214 g/mol. The molecule has 15 heavy (non-hydrogen) atoms. The minimum atomic E-state index is -3.23. The van der Waals surface area contributed by atoms with E-state index in [2.05, 4.69) is 4.72 Å². The SMILES string of the molecule is CCS(=O)(=O)Nc1cccc(OC)c1C. The van der Waals surface area contributed by atoms with Crippen LogP contribution in [0.5, 0.6) is 5.75 Å². The molecule has 0 saturated heterocycles. The van der Waals surface area contributed by atoms with Crippen LogP contribution < -0.4 is 9.46 Å². The molecular formula is C10H15NO3S. The molecule has 1 aromatic rings. The van der Waals surface area contributed by atoms with Gasteiger partial charge in [0.25, 0.3) is 0 Å². The van der Waals surface area contributed by atoms with Crippen LogP contribution in [0.25, 0.3) is 0 Å². The van der Waals surface area contributed by atoms with Crippen molar-refractivity contribution >= 4 is 15.7 Å². The second-order valence-corrected chi connectivity index (χ2v) is 5.15. The van der Waals surface area contributed by atoms with Crippen LogP contribution in [0, 0.1) is 6.92 Å². The van der Waals surface area contributed by atoms with Gasteiger partial charge in [0.2, 0.25) is 10.0 Å². The molecule has 1 aromatic carbocycles. The number of rotatable bonds is 4. The standard InChI is InChI=1S/C10H15NO3S/c1-4-15(12,13)11-9-6-5-7-10(14-3)8(9)2/h5-7,11H,4H2,1-3H3. The monoisotopic (exact) mass is 229 g/mol. The van der Waals surface area contributed by atoms with E-state index in [1.165, 1.54) is 0 Å². The van der Waals surface area contributed by atoms with Gasteiger partial charge in [-0.05, 0) is 26.0 Å². The van der Waals surface area contributed by atoms with Crippen LogP contribution >= 0.6 is 0 Å². The number of nitrogens with one attached hydrogen (secondary N) is 1. The highest BCUT2D eigenvalue weighted by atomic mass is 32.2. The second-order valence-electron chi connectivity index (χ2n) is 3.14. The Hall–Kier alpha value is -1.23. The van der Waals surface area contributed by atoms with Crippen molar-refractivity contribution in [3.05, 3.63) is 23.8 Å². The molecule has 0 aromatic heterocycles. The van der Waals surface area contributed by atoms with Gasteiger partial charge in [0.15, 0.2) is 0 Å². The molecule has 0 aliphatic heterocycles. The van der Waals surface area contributed by atoms with Gasteiger partial charge >= 0.3 is 0 Å². The summed E-state index contributed by atoms with van der Waals surface area (Å²) in [7, 11) is -1.67. The summed E-state index contributed by atoms with van der Waals surface area (Å²) >= 11 is 0. The minimum absolute atomic E-state index is 0.0592. The summed E-state index contributed by atoms with van der Waals surface area (Å²) in [6, 6.07) is 5.25. The van der Waals surface area contributed by atoms with Gasteiger partial charge in [-0.1, -0.05) is 6.07 Å². The Kier molecular flexibility index (Phi) is 3.57. The highest BCUT2D eigenvalue weighted by Crippen LogP contribution is 2.25. The summed E-state index contributed by atoms with van der Waals surface area (Å²) in [5.74, 6) is 0.732. The number of ether oxygens (including phenoxy) is 1. The van der Waals surface area contributed by atoms with Crippen LogP contribution in [-0.2, 0) is 10.0 Å². The molecule has 0 aliphatic carbocycles. The largest absolute Gasteiger partial charge is 0.496 e. The van der Waals surface area contributed by atoms with Crippen LogP contribution in [0.3, 0.4) is 0 Å². The van der Waals surface area contributed by atoms with E-state index in [9.17, 15) is 8.42 Å². The van der Waals surface area contributed by atoms with E-state index < -0.39 is 10.0 Å². The predicted molar refractivity (Wildman–Crippen MR) is 60.8 cm³/mol. The highest BCUT2D eigenvalue weighted by molar-refractivity contribution is 7.92. The first kappa shape index (κ1) is 11.8.